The molecule has 2 aromatic rings. The first kappa shape index (κ1) is 20.4. The van der Waals surface area contributed by atoms with Gasteiger partial charge in [-0.1, -0.05) is 30.3 Å². The molecule has 1 saturated carbocycles. The molecule has 3 rings (SSSR count). The second kappa shape index (κ2) is 8.77. The highest BCUT2D eigenvalue weighted by Gasteiger charge is 2.28. The molecule has 1 amide bonds. The van der Waals surface area contributed by atoms with Crippen LogP contribution in [0.1, 0.15) is 41.6 Å². The molecule has 0 aliphatic heterocycles. The van der Waals surface area contributed by atoms with Crippen molar-refractivity contribution >= 4 is 17.7 Å². The summed E-state index contributed by atoms with van der Waals surface area (Å²) in [5, 5.41) is 20.6. The Morgan fingerprint density at radius 2 is 1.69 bits per heavy atom. The van der Waals surface area contributed by atoms with Gasteiger partial charge in [0.1, 0.15) is 11.6 Å². The number of nitrogen functional groups attached to an aromatic ring is 1. The molecule has 5 N–H and O–H groups in total. The number of amides is 1. The molecule has 0 heterocycles. The summed E-state index contributed by atoms with van der Waals surface area (Å²) >= 11 is 0. The Morgan fingerprint density at radius 1 is 1.07 bits per heavy atom. The van der Waals surface area contributed by atoms with Crippen molar-refractivity contribution in [2.24, 2.45) is 11.7 Å². The van der Waals surface area contributed by atoms with E-state index in [-0.39, 0.29) is 41.0 Å². The third-order valence-electron chi connectivity index (χ3n) is 5.37. The van der Waals surface area contributed by atoms with Gasteiger partial charge in [0, 0.05) is 11.6 Å². The maximum absolute atomic E-state index is 12.7. The lowest BCUT2D eigenvalue weighted by atomic mass is 9.86. The molecule has 0 bridgehead atoms. The zero-order valence-electron chi connectivity index (χ0n) is 16.3. The predicted molar refractivity (Wildman–Crippen MR) is 110 cm³/mol. The average molecular weight is 395 g/mol. The molecule has 152 valence electrons. The topological polar surface area (TPSA) is 126 Å². The molecule has 0 unspecified atom stereocenters. The smallest absolute Gasteiger partial charge is 0.308 e. The van der Waals surface area contributed by atoms with Crippen molar-refractivity contribution in [3.05, 3.63) is 53.6 Å². The SMILES string of the molecule is COC(=O)C1CCC(NC(=O)c2cc(-c3ccc(C(=N)N)cc3)ccc2O)CC1. The number of phenolic OH excluding ortho intramolecular Hbond substituents is 1. The molecule has 1 fully saturated rings. The lowest BCUT2D eigenvalue weighted by Crippen LogP contribution is -2.38. The van der Waals surface area contributed by atoms with E-state index in [1.807, 2.05) is 12.1 Å². The lowest BCUT2D eigenvalue weighted by molar-refractivity contribution is -0.146. The van der Waals surface area contributed by atoms with Gasteiger partial charge in [-0.15, -0.1) is 0 Å². The molecular weight excluding hydrogens is 370 g/mol. The minimum atomic E-state index is -0.341. The van der Waals surface area contributed by atoms with Crippen LogP contribution in [0.2, 0.25) is 0 Å². The van der Waals surface area contributed by atoms with Crippen molar-refractivity contribution in [1.29, 1.82) is 5.41 Å². The highest BCUT2D eigenvalue weighted by molar-refractivity contribution is 5.98. The third kappa shape index (κ3) is 4.74. The van der Waals surface area contributed by atoms with E-state index in [2.05, 4.69) is 5.32 Å². The van der Waals surface area contributed by atoms with E-state index >= 15 is 0 Å². The van der Waals surface area contributed by atoms with E-state index < -0.39 is 0 Å². The summed E-state index contributed by atoms with van der Waals surface area (Å²) in [7, 11) is 1.39. The highest BCUT2D eigenvalue weighted by atomic mass is 16.5. The van der Waals surface area contributed by atoms with Crippen molar-refractivity contribution in [2.45, 2.75) is 31.7 Å². The first-order valence-electron chi connectivity index (χ1n) is 9.55. The van der Waals surface area contributed by atoms with Crippen LogP contribution in [-0.2, 0) is 9.53 Å². The van der Waals surface area contributed by atoms with Crippen molar-refractivity contribution in [3.63, 3.8) is 0 Å². The van der Waals surface area contributed by atoms with Gasteiger partial charge in [-0.25, -0.2) is 0 Å². The van der Waals surface area contributed by atoms with Gasteiger partial charge in [0.05, 0.1) is 18.6 Å². The van der Waals surface area contributed by atoms with Crippen LogP contribution in [0.5, 0.6) is 5.75 Å². The van der Waals surface area contributed by atoms with Crippen LogP contribution in [0, 0.1) is 11.3 Å². The van der Waals surface area contributed by atoms with Crippen LogP contribution >= 0.6 is 0 Å². The molecule has 0 saturated heterocycles. The Kier molecular flexibility index (Phi) is 6.16. The molecule has 7 nitrogen and oxygen atoms in total. The second-order valence-electron chi connectivity index (χ2n) is 7.27. The number of amidine groups is 1. The Balaban J connectivity index is 1.70. The molecule has 1 aliphatic carbocycles. The number of esters is 1. The maximum Gasteiger partial charge on any atom is 0.308 e. The van der Waals surface area contributed by atoms with Gasteiger partial charge in [-0.3, -0.25) is 15.0 Å². The molecule has 0 aromatic heterocycles. The summed E-state index contributed by atoms with van der Waals surface area (Å²) in [6.45, 7) is 0. The summed E-state index contributed by atoms with van der Waals surface area (Å²) in [4.78, 5) is 24.4. The summed E-state index contributed by atoms with van der Waals surface area (Å²) in [5.41, 5.74) is 7.93. The summed E-state index contributed by atoms with van der Waals surface area (Å²) in [6, 6.07) is 12.0. The molecule has 1 aliphatic rings. The average Bonchev–Trinajstić information content (AvgIpc) is 2.74. The normalized spacial score (nSPS) is 18.7. The lowest BCUT2D eigenvalue weighted by Gasteiger charge is -2.27. The van der Waals surface area contributed by atoms with Gasteiger partial charge in [-0.05, 0) is 48.9 Å². The van der Waals surface area contributed by atoms with Crippen LogP contribution in [0.25, 0.3) is 11.1 Å². The summed E-state index contributed by atoms with van der Waals surface area (Å²) in [5.74, 6) is -0.746. The predicted octanol–water partition coefficient (Wildman–Crippen LogP) is 2.80. The van der Waals surface area contributed by atoms with E-state index in [4.69, 9.17) is 15.9 Å². The monoisotopic (exact) mass is 395 g/mol. The van der Waals surface area contributed by atoms with E-state index in [9.17, 15) is 14.7 Å². The Bertz CT molecular complexity index is 916. The molecule has 29 heavy (non-hydrogen) atoms. The van der Waals surface area contributed by atoms with E-state index in [0.717, 1.165) is 11.1 Å². The number of ether oxygens (including phenoxy) is 1. The van der Waals surface area contributed by atoms with Crippen LogP contribution in [-0.4, -0.2) is 36.0 Å². The quantitative estimate of drug-likeness (QED) is 0.352. The number of benzene rings is 2. The molecular formula is C22H25N3O4. The summed E-state index contributed by atoms with van der Waals surface area (Å²) < 4.78 is 4.79. The van der Waals surface area contributed by atoms with E-state index in [0.29, 0.717) is 31.2 Å². The highest BCUT2D eigenvalue weighted by Crippen LogP contribution is 2.28. The zero-order chi connectivity index (χ0) is 21.0. The second-order valence-corrected chi connectivity index (χ2v) is 7.27. The fourth-order valence-electron chi connectivity index (χ4n) is 3.64. The van der Waals surface area contributed by atoms with Crippen molar-refractivity contribution in [1.82, 2.24) is 5.32 Å². The maximum atomic E-state index is 12.7. The number of phenols is 1. The Morgan fingerprint density at radius 3 is 2.28 bits per heavy atom. The zero-order valence-corrected chi connectivity index (χ0v) is 16.3. The third-order valence-corrected chi connectivity index (χ3v) is 5.37. The number of hydrogen-bond acceptors (Lipinski definition) is 5. The minimum Gasteiger partial charge on any atom is -0.507 e. The van der Waals surface area contributed by atoms with E-state index in [1.165, 1.54) is 13.2 Å². The fourth-order valence-corrected chi connectivity index (χ4v) is 3.64. The Hall–Kier alpha value is -3.35. The van der Waals surface area contributed by atoms with Crippen LogP contribution < -0.4 is 11.1 Å². The number of methoxy groups -OCH3 is 1. The number of carbonyl (C=O) groups is 2. The first-order chi connectivity index (χ1) is 13.9. The van der Waals surface area contributed by atoms with Crippen molar-refractivity contribution in [3.8, 4) is 16.9 Å². The number of nitrogens with two attached hydrogens (primary N) is 1. The number of aromatic hydroxyl groups is 1. The van der Waals surface area contributed by atoms with Crippen LogP contribution in [0.15, 0.2) is 42.5 Å². The molecule has 2 aromatic carbocycles. The van der Waals surface area contributed by atoms with Crippen molar-refractivity contribution in [2.75, 3.05) is 7.11 Å². The standard InChI is InChI=1S/C22H25N3O4/c1-29-22(28)15-6-9-17(10-7-15)25-21(27)18-12-16(8-11-19(18)26)13-2-4-14(5-3-13)20(23)24/h2-5,8,11-12,15,17,26H,6-7,9-10H2,1H3,(H3,23,24)(H,25,27). The van der Waals surface area contributed by atoms with Gasteiger partial charge >= 0.3 is 5.97 Å². The first-order valence-corrected chi connectivity index (χ1v) is 9.55. The number of rotatable bonds is 5. The van der Waals surface area contributed by atoms with Gasteiger partial charge < -0.3 is 20.9 Å². The van der Waals surface area contributed by atoms with Gasteiger partial charge in [0.2, 0.25) is 0 Å². The number of hydrogen-bond donors (Lipinski definition) is 4. The summed E-state index contributed by atoms with van der Waals surface area (Å²) in [6.07, 6.45) is 2.73. The van der Waals surface area contributed by atoms with Crippen molar-refractivity contribution < 1.29 is 19.4 Å². The van der Waals surface area contributed by atoms with Crippen LogP contribution in [0.3, 0.4) is 0 Å². The molecule has 0 spiro atoms. The molecule has 7 heteroatoms. The van der Waals surface area contributed by atoms with Crippen LogP contribution in [0.4, 0.5) is 0 Å². The molecule has 0 atom stereocenters. The van der Waals surface area contributed by atoms with E-state index in [1.54, 1.807) is 24.3 Å². The number of nitrogens with one attached hydrogen (secondary N) is 2. The van der Waals surface area contributed by atoms with Gasteiger partial charge in [-0.2, -0.15) is 0 Å². The fraction of sp³-hybridized carbons (Fsp3) is 0.318. The van der Waals surface area contributed by atoms with Gasteiger partial charge in [0.15, 0.2) is 0 Å². The number of carbonyl (C=O) groups excluding carboxylic acids is 2. The molecule has 0 radical (unpaired) electrons. The minimum absolute atomic E-state index is 0.00996. The van der Waals surface area contributed by atoms with Gasteiger partial charge in [0.25, 0.3) is 5.91 Å². The Labute approximate surface area is 169 Å². The largest absolute Gasteiger partial charge is 0.507 e.